The minimum Gasteiger partial charge on any atom is -0.367 e. The van der Waals surface area contributed by atoms with Crippen molar-refractivity contribution in [3.8, 4) is 0 Å². The quantitative estimate of drug-likeness (QED) is 0.874. The Bertz CT molecular complexity index is 543. The Morgan fingerprint density at radius 1 is 1.35 bits per heavy atom. The molecule has 1 aliphatic heterocycles. The predicted molar refractivity (Wildman–Crippen MR) is 82.8 cm³/mol. The lowest BCUT2D eigenvalue weighted by Gasteiger charge is -2.28. The lowest BCUT2D eigenvalue weighted by molar-refractivity contribution is 0.579. The molecule has 1 atom stereocenters. The van der Waals surface area contributed by atoms with Gasteiger partial charge >= 0.3 is 0 Å². The fourth-order valence-corrected chi connectivity index (χ4v) is 4.02. The van der Waals surface area contributed by atoms with Gasteiger partial charge in [-0.2, -0.15) is 0 Å². The largest absolute Gasteiger partial charge is 0.367 e. The molecule has 20 heavy (non-hydrogen) atoms. The first-order chi connectivity index (χ1) is 9.60. The summed E-state index contributed by atoms with van der Waals surface area (Å²) in [6.07, 6.45) is 4.27. The number of nitrogens with two attached hydrogens (primary N) is 1. The Morgan fingerprint density at radius 2 is 2.10 bits per heavy atom. The molecule has 1 saturated heterocycles. The number of nitrogens with zero attached hydrogens (tertiary/aromatic N) is 1. The maximum absolute atomic E-state index is 12.3. The highest BCUT2D eigenvalue weighted by molar-refractivity contribution is 7.91. The summed E-state index contributed by atoms with van der Waals surface area (Å²) in [6, 6.07) is 7.81. The fraction of sp³-hybridized carbons (Fsp3) is 0.600. The number of para-hydroxylation sites is 1. The summed E-state index contributed by atoms with van der Waals surface area (Å²) in [7, 11) is -3.18. The zero-order chi connectivity index (χ0) is 14.6. The summed E-state index contributed by atoms with van der Waals surface area (Å²) in [5.74, 6) is 0.144. The molecule has 0 bridgehead atoms. The van der Waals surface area contributed by atoms with Gasteiger partial charge in [0.15, 0.2) is 9.84 Å². The van der Waals surface area contributed by atoms with Gasteiger partial charge in [0.25, 0.3) is 0 Å². The molecule has 1 aromatic carbocycles. The van der Waals surface area contributed by atoms with Crippen molar-refractivity contribution in [3.63, 3.8) is 0 Å². The lowest BCUT2D eigenvalue weighted by atomic mass is 10.1. The first kappa shape index (κ1) is 15.3. The van der Waals surface area contributed by atoms with Crippen molar-refractivity contribution >= 4 is 15.5 Å². The lowest BCUT2D eigenvalue weighted by Crippen LogP contribution is -2.31. The molecule has 0 aromatic heterocycles. The molecule has 4 nitrogen and oxygen atoms in total. The van der Waals surface area contributed by atoms with Gasteiger partial charge in [0.05, 0.1) is 16.3 Å². The van der Waals surface area contributed by atoms with Crippen LogP contribution in [0.4, 0.5) is 5.69 Å². The molecule has 0 amide bonds. The van der Waals surface area contributed by atoms with Crippen LogP contribution in [0.25, 0.3) is 0 Å². The molecule has 1 unspecified atom stereocenters. The molecule has 1 aliphatic rings. The van der Waals surface area contributed by atoms with Crippen LogP contribution in [0.2, 0.25) is 0 Å². The number of hydrogen-bond acceptors (Lipinski definition) is 4. The van der Waals surface area contributed by atoms with E-state index in [1.54, 1.807) is 19.1 Å². The van der Waals surface area contributed by atoms with Crippen LogP contribution in [0.1, 0.15) is 32.6 Å². The maximum atomic E-state index is 12.3. The van der Waals surface area contributed by atoms with Gasteiger partial charge in [0, 0.05) is 12.6 Å². The van der Waals surface area contributed by atoms with E-state index in [0.29, 0.717) is 17.5 Å². The van der Waals surface area contributed by atoms with Gasteiger partial charge in [-0.15, -0.1) is 0 Å². The molecule has 0 radical (unpaired) electrons. The topological polar surface area (TPSA) is 63.4 Å². The van der Waals surface area contributed by atoms with Crippen LogP contribution >= 0.6 is 0 Å². The normalized spacial score (nSPS) is 19.5. The first-order valence-electron chi connectivity index (χ1n) is 7.38. The molecule has 1 heterocycles. The van der Waals surface area contributed by atoms with Crippen molar-refractivity contribution in [1.82, 2.24) is 0 Å². The molecule has 1 aromatic rings. The SMILES string of the molecule is CCS(=O)(=O)c1ccccc1N1CCCC1CCCN. The van der Waals surface area contributed by atoms with E-state index in [0.717, 1.165) is 37.9 Å². The highest BCUT2D eigenvalue weighted by Gasteiger charge is 2.28. The van der Waals surface area contributed by atoms with E-state index in [1.165, 1.54) is 0 Å². The van der Waals surface area contributed by atoms with Crippen LogP contribution in [0.15, 0.2) is 29.2 Å². The van der Waals surface area contributed by atoms with E-state index in [9.17, 15) is 8.42 Å². The van der Waals surface area contributed by atoms with Crippen molar-refractivity contribution in [2.24, 2.45) is 5.73 Å². The summed E-state index contributed by atoms with van der Waals surface area (Å²) in [6.45, 7) is 3.33. The zero-order valence-electron chi connectivity index (χ0n) is 12.1. The van der Waals surface area contributed by atoms with Gasteiger partial charge in [0.2, 0.25) is 0 Å². The number of hydrogen-bond donors (Lipinski definition) is 1. The molecule has 0 saturated carbocycles. The van der Waals surface area contributed by atoms with Crippen molar-refractivity contribution in [2.75, 3.05) is 23.7 Å². The monoisotopic (exact) mass is 296 g/mol. The van der Waals surface area contributed by atoms with Crippen molar-refractivity contribution in [1.29, 1.82) is 0 Å². The molecular formula is C15H24N2O2S. The van der Waals surface area contributed by atoms with Gasteiger partial charge in [0.1, 0.15) is 0 Å². The third kappa shape index (κ3) is 3.15. The van der Waals surface area contributed by atoms with Crippen molar-refractivity contribution < 1.29 is 8.42 Å². The zero-order valence-corrected chi connectivity index (χ0v) is 12.9. The fourth-order valence-electron chi connectivity index (χ4n) is 2.92. The number of rotatable bonds is 6. The highest BCUT2D eigenvalue weighted by Crippen LogP contribution is 2.33. The smallest absolute Gasteiger partial charge is 0.180 e. The van der Waals surface area contributed by atoms with Gasteiger partial charge in [-0.25, -0.2) is 8.42 Å². The Balaban J connectivity index is 2.33. The first-order valence-corrected chi connectivity index (χ1v) is 9.04. The third-order valence-corrected chi connectivity index (χ3v) is 5.78. The van der Waals surface area contributed by atoms with E-state index in [1.807, 2.05) is 12.1 Å². The molecule has 112 valence electrons. The summed E-state index contributed by atoms with van der Waals surface area (Å²) >= 11 is 0. The van der Waals surface area contributed by atoms with Crippen LogP contribution in [0.5, 0.6) is 0 Å². The number of benzene rings is 1. The van der Waals surface area contributed by atoms with Gasteiger partial charge in [-0.3, -0.25) is 0 Å². The molecule has 0 aliphatic carbocycles. The van der Waals surface area contributed by atoms with E-state index < -0.39 is 9.84 Å². The van der Waals surface area contributed by atoms with E-state index in [-0.39, 0.29) is 5.75 Å². The molecular weight excluding hydrogens is 272 g/mol. The average molecular weight is 296 g/mol. The molecule has 2 N–H and O–H groups in total. The van der Waals surface area contributed by atoms with Crippen LogP contribution < -0.4 is 10.6 Å². The molecule has 5 heteroatoms. The Hall–Kier alpha value is -1.07. The molecule has 0 spiro atoms. The summed E-state index contributed by atoms with van der Waals surface area (Å²) in [5, 5.41) is 0. The number of sulfone groups is 1. The molecule has 1 fully saturated rings. The van der Waals surface area contributed by atoms with Crippen molar-refractivity contribution in [3.05, 3.63) is 24.3 Å². The Morgan fingerprint density at radius 3 is 2.80 bits per heavy atom. The summed E-state index contributed by atoms with van der Waals surface area (Å²) in [4.78, 5) is 2.74. The standard InChI is InChI=1S/C15H24N2O2S/c1-2-20(18,19)15-10-4-3-9-14(15)17-12-6-8-13(17)7-5-11-16/h3-4,9-10,13H,2,5-8,11-12,16H2,1H3. The second-order valence-electron chi connectivity index (χ2n) is 5.29. The average Bonchev–Trinajstić information content (AvgIpc) is 2.93. The van der Waals surface area contributed by atoms with Crippen molar-refractivity contribution in [2.45, 2.75) is 43.5 Å². The maximum Gasteiger partial charge on any atom is 0.180 e. The van der Waals surface area contributed by atoms with E-state index >= 15 is 0 Å². The highest BCUT2D eigenvalue weighted by atomic mass is 32.2. The van der Waals surface area contributed by atoms with Gasteiger partial charge in [-0.1, -0.05) is 19.1 Å². The summed E-state index contributed by atoms with van der Waals surface area (Å²) < 4.78 is 24.5. The third-order valence-electron chi connectivity index (χ3n) is 4.01. The molecule has 2 rings (SSSR count). The Kier molecular flexibility index (Phi) is 5.05. The summed E-state index contributed by atoms with van der Waals surface area (Å²) in [5.41, 5.74) is 6.47. The second-order valence-corrected chi connectivity index (χ2v) is 7.54. The van der Waals surface area contributed by atoms with Crippen LogP contribution in [-0.4, -0.2) is 33.3 Å². The van der Waals surface area contributed by atoms with Crippen LogP contribution in [0.3, 0.4) is 0 Å². The van der Waals surface area contributed by atoms with Crippen LogP contribution in [-0.2, 0) is 9.84 Å². The van der Waals surface area contributed by atoms with Gasteiger partial charge in [-0.05, 0) is 44.4 Å². The van der Waals surface area contributed by atoms with E-state index in [4.69, 9.17) is 5.73 Å². The van der Waals surface area contributed by atoms with E-state index in [2.05, 4.69) is 4.90 Å². The number of anilines is 1. The predicted octanol–water partition coefficient (Wildman–Crippen LogP) is 2.19. The van der Waals surface area contributed by atoms with Crippen LogP contribution in [0, 0.1) is 0 Å². The minimum absolute atomic E-state index is 0.144. The minimum atomic E-state index is -3.18. The second kappa shape index (κ2) is 6.59. The Labute approximate surface area is 121 Å². The van der Waals surface area contributed by atoms with Gasteiger partial charge < -0.3 is 10.6 Å².